The van der Waals surface area contributed by atoms with E-state index in [1.165, 1.54) is 0 Å². The highest BCUT2D eigenvalue weighted by molar-refractivity contribution is 6.30. The van der Waals surface area contributed by atoms with Crippen molar-refractivity contribution in [1.29, 1.82) is 5.26 Å². The zero-order valence-corrected chi connectivity index (χ0v) is 16.6. The molecule has 0 aliphatic heterocycles. The maximum absolute atomic E-state index is 12.3. The highest BCUT2D eigenvalue weighted by Gasteiger charge is 2.12. The van der Waals surface area contributed by atoms with Gasteiger partial charge in [0.2, 0.25) is 17.6 Å². The lowest BCUT2D eigenvalue weighted by Gasteiger charge is -2.11. The Kier molecular flexibility index (Phi) is 6.82. The minimum Gasteiger partial charge on any atom is -0.492 e. The predicted molar refractivity (Wildman–Crippen MR) is 109 cm³/mol. The molecule has 0 aliphatic carbocycles. The van der Waals surface area contributed by atoms with Gasteiger partial charge in [-0.1, -0.05) is 16.8 Å². The molecule has 1 N–H and O–H groups in total. The van der Waals surface area contributed by atoms with Crippen molar-refractivity contribution in [2.75, 3.05) is 11.9 Å². The van der Waals surface area contributed by atoms with Crippen molar-refractivity contribution in [2.24, 2.45) is 0 Å². The molecule has 0 saturated carbocycles. The topological polar surface area (TPSA) is 101 Å². The zero-order valence-electron chi connectivity index (χ0n) is 15.8. The van der Waals surface area contributed by atoms with Gasteiger partial charge < -0.3 is 14.6 Å². The highest BCUT2D eigenvalue weighted by atomic mass is 35.5. The summed E-state index contributed by atoms with van der Waals surface area (Å²) in [7, 11) is 0. The van der Waals surface area contributed by atoms with Gasteiger partial charge in [0, 0.05) is 23.4 Å². The Hall–Kier alpha value is -3.37. The van der Waals surface area contributed by atoms with Crippen molar-refractivity contribution in [3.63, 3.8) is 0 Å². The van der Waals surface area contributed by atoms with Crippen LogP contribution in [0, 0.1) is 11.3 Å². The quantitative estimate of drug-likeness (QED) is 0.581. The van der Waals surface area contributed by atoms with Gasteiger partial charge in [-0.05, 0) is 55.8 Å². The molecule has 1 amide bonds. The summed E-state index contributed by atoms with van der Waals surface area (Å²) in [6.07, 6.45) is 1.28. The van der Waals surface area contributed by atoms with Gasteiger partial charge in [0.1, 0.15) is 5.75 Å². The van der Waals surface area contributed by atoms with Gasteiger partial charge in [0.15, 0.2) is 0 Å². The highest BCUT2D eigenvalue weighted by Crippen LogP contribution is 2.26. The number of halogens is 1. The summed E-state index contributed by atoms with van der Waals surface area (Å²) < 4.78 is 10.7. The normalized spacial score (nSPS) is 10.4. The average Bonchev–Trinajstić information content (AvgIpc) is 3.19. The molecule has 0 bridgehead atoms. The van der Waals surface area contributed by atoms with E-state index < -0.39 is 0 Å². The maximum atomic E-state index is 12.3. The molecule has 0 saturated heterocycles. The summed E-state index contributed by atoms with van der Waals surface area (Å²) in [5, 5.41) is 16.4. The molecule has 0 unspecified atom stereocenters. The number of benzene rings is 2. The summed E-state index contributed by atoms with van der Waals surface area (Å²) in [5.41, 5.74) is 1.74. The summed E-state index contributed by atoms with van der Waals surface area (Å²) in [6.45, 7) is 2.31. The summed E-state index contributed by atoms with van der Waals surface area (Å²) in [5.74, 6) is 1.29. The molecule has 3 aromatic rings. The second kappa shape index (κ2) is 9.71. The third-order valence-corrected chi connectivity index (χ3v) is 4.30. The van der Waals surface area contributed by atoms with Crippen molar-refractivity contribution in [3.05, 3.63) is 58.9 Å². The molecule has 148 valence electrons. The van der Waals surface area contributed by atoms with Crippen LogP contribution in [0.1, 0.15) is 31.2 Å². The molecule has 1 aromatic heterocycles. The van der Waals surface area contributed by atoms with Crippen molar-refractivity contribution < 1.29 is 14.1 Å². The average molecular weight is 411 g/mol. The van der Waals surface area contributed by atoms with Crippen molar-refractivity contribution >= 4 is 23.2 Å². The molecule has 0 spiro atoms. The third kappa shape index (κ3) is 5.56. The smallest absolute Gasteiger partial charge is 0.226 e. The van der Waals surface area contributed by atoms with E-state index in [2.05, 4.69) is 21.5 Å². The second-order valence-electron chi connectivity index (χ2n) is 6.18. The molecule has 0 radical (unpaired) electrons. The van der Waals surface area contributed by atoms with E-state index in [9.17, 15) is 4.79 Å². The predicted octanol–water partition coefficient (Wildman–Crippen LogP) is 4.62. The molecular weight excluding hydrogens is 392 g/mol. The lowest BCUT2D eigenvalue weighted by Crippen LogP contribution is -2.13. The number of nitrogens with zero attached hydrogens (tertiary/aromatic N) is 3. The van der Waals surface area contributed by atoms with Crippen molar-refractivity contribution in [1.82, 2.24) is 10.1 Å². The lowest BCUT2D eigenvalue weighted by atomic mass is 10.2. The molecule has 3 rings (SSSR count). The molecule has 0 fully saturated rings. The number of aryl methyl sites for hydroxylation is 1. The van der Waals surface area contributed by atoms with Crippen LogP contribution in [-0.2, 0) is 11.2 Å². The monoisotopic (exact) mass is 410 g/mol. The summed E-state index contributed by atoms with van der Waals surface area (Å²) in [4.78, 5) is 16.6. The molecule has 1 heterocycles. The van der Waals surface area contributed by atoms with Gasteiger partial charge in [-0.2, -0.15) is 10.2 Å². The Morgan fingerprint density at radius 3 is 2.79 bits per heavy atom. The van der Waals surface area contributed by atoms with E-state index in [-0.39, 0.29) is 12.3 Å². The van der Waals surface area contributed by atoms with Crippen LogP contribution in [0.15, 0.2) is 47.0 Å². The van der Waals surface area contributed by atoms with E-state index in [0.29, 0.717) is 53.2 Å². The zero-order chi connectivity index (χ0) is 20.6. The van der Waals surface area contributed by atoms with E-state index in [1.807, 2.05) is 19.1 Å². The number of aromatic nitrogens is 2. The van der Waals surface area contributed by atoms with Crippen LogP contribution in [0.4, 0.5) is 5.69 Å². The van der Waals surface area contributed by atoms with Gasteiger partial charge in [0.05, 0.1) is 23.9 Å². The fourth-order valence-corrected chi connectivity index (χ4v) is 2.79. The summed E-state index contributed by atoms with van der Waals surface area (Å²) in [6, 6.07) is 14.1. The van der Waals surface area contributed by atoms with Crippen LogP contribution < -0.4 is 10.1 Å². The largest absolute Gasteiger partial charge is 0.492 e. The van der Waals surface area contributed by atoms with Crippen molar-refractivity contribution in [3.8, 4) is 23.2 Å². The first-order valence-corrected chi connectivity index (χ1v) is 9.52. The Bertz CT molecular complexity index is 1030. The van der Waals surface area contributed by atoms with E-state index in [4.69, 9.17) is 26.1 Å². The Balaban J connectivity index is 1.54. The first kappa shape index (κ1) is 20.4. The molecule has 0 atom stereocenters. The minimum atomic E-state index is -0.182. The molecule has 7 nitrogen and oxygen atoms in total. The van der Waals surface area contributed by atoms with Gasteiger partial charge in [-0.3, -0.25) is 4.79 Å². The van der Waals surface area contributed by atoms with Gasteiger partial charge in [-0.15, -0.1) is 0 Å². The number of carbonyl (C=O) groups excluding carboxylic acids is 1. The number of anilines is 1. The van der Waals surface area contributed by atoms with Gasteiger partial charge in [-0.25, -0.2) is 0 Å². The van der Waals surface area contributed by atoms with Crippen LogP contribution in [0.25, 0.3) is 11.4 Å². The second-order valence-corrected chi connectivity index (χ2v) is 6.61. The molecule has 2 aromatic carbocycles. The number of nitrogens with one attached hydrogen (secondary N) is 1. The Morgan fingerprint density at radius 1 is 1.28 bits per heavy atom. The molecule has 29 heavy (non-hydrogen) atoms. The number of carbonyl (C=O) groups is 1. The van der Waals surface area contributed by atoms with Crippen molar-refractivity contribution in [2.45, 2.75) is 26.2 Å². The van der Waals surface area contributed by atoms with Gasteiger partial charge >= 0.3 is 0 Å². The fraction of sp³-hybridized carbons (Fsp3) is 0.238. The Labute approximate surface area is 173 Å². The van der Waals surface area contributed by atoms with Gasteiger partial charge in [0.25, 0.3) is 0 Å². The van der Waals surface area contributed by atoms with Crippen LogP contribution >= 0.6 is 11.6 Å². The summed E-state index contributed by atoms with van der Waals surface area (Å²) >= 11 is 5.88. The van der Waals surface area contributed by atoms with Crippen LogP contribution in [0.2, 0.25) is 5.02 Å². The van der Waals surface area contributed by atoms with E-state index in [0.717, 1.165) is 5.56 Å². The molecule has 0 aliphatic rings. The van der Waals surface area contributed by atoms with Crippen LogP contribution in [0.5, 0.6) is 5.75 Å². The first-order valence-electron chi connectivity index (χ1n) is 9.14. The van der Waals surface area contributed by atoms with E-state index >= 15 is 0 Å². The SMILES string of the molecule is CCOc1ccc(C#N)cc1NC(=O)CCCc1nc(-c2ccc(Cl)cc2)no1. The minimum absolute atomic E-state index is 0.182. The van der Waals surface area contributed by atoms with E-state index in [1.54, 1.807) is 30.3 Å². The number of ether oxygens (including phenoxy) is 1. The number of nitriles is 1. The van der Waals surface area contributed by atoms with Crippen LogP contribution in [0.3, 0.4) is 0 Å². The standard InChI is InChI=1S/C21H19ClN4O3/c1-2-28-18-11-6-14(13-23)12-17(18)24-19(27)4-3-5-20-25-21(26-29-20)15-7-9-16(22)10-8-15/h6-12H,2-5H2,1H3,(H,24,27). The number of hydrogen-bond donors (Lipinski definition) is 1. The third-order valence-electron chi connectivity index (χ3n) is 4.05. The first-order chi connectivity index (χ1) is 14.1. The Morgan fingerprint density at radius 2 is 2.07 bits per heavy atom. The fourth-order valence-electron chi connectivity index (χ4n) is 2.66. The maximum Gasteiger partial charge on any atom is 0.226 e. The number of amides is 1. The molecular formula is C21H19ClN4O3. The lowest BCUT2D eigenvalue weighted by molar-refractivity contribution is -0.116. The van der Waals surface area contributed by atoms with Crippen LogP contribution in [-0.4, -0.2) is 22.7 Å². The molecule has 8 heteroatoms. The number of rotatable bonds is 8. The number of hydrogen-bond acceptors (Lipinski definition) is 6.